The number of aromatic amines is 1. The number of likely N-dealkylation sites (tertiary alicyclic amines) is 1. The van der Waals surface area contributed by atoms with E-state index in [1.807, 2.05) is 55.6 Å². The third-order valence-corrected chi connectivity index (χ3v) is 5.53. The zero-order chi connectivity index (χ0) is 20.4. The largest absolute Gasteiger partial charge is 0.497 e. The number of aryl methyl sites for hydroxylation is 1. The number of fused-ring (bicyclic) bond motifs is 1. The lowest BCUT2D eigenvalue weighted by Gasteiger charge is -2.16. The van der Waals surface area contributed by atoms with E-state index in [0.29, 0.717) is 13.1 Å². The lowest BCUT2D eigenvalue weighted by molar-refractivity contribution is -0.128. The molecule has 2 N–H and O–H groups in total. The van der Waals surface area contributed by atoms with Crippen LogP contribution in [0.15, 0.2) is 48.7 Å². The molecule has 29 heavy (non-hydrogen) atoms. The number of benzene rings is 2. The number of nitrogens with zero attached hydrogens (tertiary/aromatic N) is 1. The first-order valence-electron chi connectivity index (χ1n) is 9.83. The minimum absolute atomic E-state index is 0.0338. The van der Waals surface area contributed by atoms with Gasteiger partial charge in [0.15, 0.2) is 0 Å². The highest BCUT2D eigenvalue weighted by Gasteiger charge is 2.34. The van der Waals surface area contributed by atoms with Crippen molar-refractivity contribution in [3.05, 3.63) is 59.8 Å². The average Bonchev–Trinajstić information content (AvgIpc) is 3.30. The number of carbonyl (C=O) groups excluding carboxylic acids is 2. The number of H-pyrrole nitrogens is 1. The van der Waals surface area contributed by atoms with Gasteiger partial charge in [0.1, 0.15) is 5.75 Å². The summed E-state index contributed by atoms with van der Waals surface area (Å²) >= 11 is 0. The predicted octanol–water partition coefficient (Wildman–Crippen LogP) is 3.51. The van der Waals surface area contributed by atoms with E-state index in [-0.39, 0.29) is 24.2 Å². The maximum Gasteiger partial charge on any atom is 0.229 e. The maximum atomic E-state index is 12.6. The molecule has 2 heterocycles. The van der Waals surface area contributed by atoms with Crippen LogP contribution in [-0.4, -0.2) is 41.9 Å². The van der Waals surface area contributed by atoms with E-state index in [1.54, 1.807) is 12.0 Å². The normalized spacial score (nSPS) is 16.4. The molecule has 6 heteroatoms. The second-order valence-corrected chi connectivity index (χ2v) is 7.57. The van der Waals surface area contributed by atoms with Crippen molar-refractivity contribution in [3.8, 4) is 5.75 Å². The van der Waals surface area contributed by atoms with E-state index in [9.17, 15) is 9.59 Å². The predicted molar refractivity (Wildman–Crippen MR) is 113 cm³/mol. The van der Waals surface area contributed by atoms with Crippen LogP contribution in [0.3, 0.4) is 0 Å². The molecule has 150 valence electrons. The average molecular weight is 391 g/mol. The first-order valence-corrected chi connectivity index (χ1v) is 9.83. The number of aromatic nitrogens is 1. The summed E-state index contributed by atoms with van der Waals surface area (Å²) in [5.41, 5.74) is 4.09. The lowest BCUT2D eigenvalue weighted by Crippen LogP contribution is -2.30. The number of ether oxygens (including phenoxy) is 1. The minimum atomic E-state index is -0.313. The van der Waals surface area contributed by atoms with E-state index >= 15 is 0 Å². The van der Waals surface area contributed by atoms with Crippen LogP contribution < -0.4 is 10.1 Å². The molecule has 2 amide bonds. The van der Waals surface area contributed by atoms with Gasteiger partial charge in [-0.2, -0.15) is 0 Å². The van der Waals surface area contributed by atoms with Gasteiger partial charge in [-0.15, -0.1) is 0 Å². The van der Waals surface area contributed by atoms with Gasteiger partial charge in [0, 0.05) is 42.3 Å². The molecule has 3 aromatic rings. The van der Waals surface area contributed by atoms with Crippen molar-refractivity contribution in [2.24, 2.45) is 5.92 Å². The van der Waals surface area contributed by atoms with E-state index in [1.165, 1.54) is 0 Å². The molecule has 0 unspecified atom stereocenters. The summed E-state index contributed by atoms with van der Waals surface area (Å²) in [7, 11) is 1.65. The Bertz CT molecular complexity index is 1040. The van der Waals surface area contributed by atoms with Gasteiger partial charge in [-0.25, -0.2) is 0 Å². The van der Waals surface area contributed by atoms with Crippen molar-refractivity contribution in [1.29, 1.82) is 0 Å². The molecule has 1 aromatic heterocycles. The number of amides is 2. The Morgan fingerprint density at radius 1 is 1.24 bits per heavy atom. The fourth-order valence-electron chi connectivity index (χ4n) is 3.79. The molecule has 0 saturated carbocycles. The molecule has 0 spiro atoms. The number of hydrogen-bond donors (Lipinski definition) is 2. The Hall–Kier alpha value is -3.28. The van der Waals surface area contributed by atoms with Crippen LogP contribution in [-0.2, 0) is 16.0 Å². The highest BCUT2D eigenvalue weighted by molar-refractivity contribution is 5.97. The van der Waals surface area contributed by atoms with Gasteiger partial charge in [-0.3, -0.25) is 9.59 Å². The number of methoxy groups -OCH3 is 1. The van der Waals surface area contributed by atoms with Crippen molar-refractivity contribution >= 4 is 28.4 Å². The van der Waals surface area contributed by atoms with Crippen LogP contribution in [0.25, 0.3) is 10.9 Å². The molecular formula is C23H25N3O3. The van der Waals surface area contributed by atoms with Crippen molar-refractivity contribution < 1.29 is 14.3 Å². The van der Waals surface area contributed by atoms with Crippen LogP contribution in [0.1, 0.15) is 17.5 Å². The quantitative estimate of drug-likeness (QED) is 0.675. The van der Waals surface area contributed by atoms with Crippen molar-refractivity contribution in [2.75, 3.05) is 25.5 Å². The summed E-state index contributed by atoms with van der Waals surface area (Å²) in [6.45, 7) is 3.06. The summed E-state index contributed by atoms with van der Waals surface area (Å²) in [5.74, 6) is 0.434. The van der Waals surface area contributed by atoms with Gasteiger partial charge in [0.25, 0.3) is 0 Å². The SMILES string of the molecule is COc1ccc2[nH]cc(CCN3C[C@@H](C(=O)Nc4ccc(C)cc4)CC3=O)c2c1. The molecule has 1 aliphatic heterocycles. The van der Waals surface area contributed by atoms with Gasteiger partial charge in [0.2, 0.25) is 11.8 Å². The first kappa shape index (κ1) is 19.1. The van der Waals surface area contributed by atoms with Gasteiger partial charge >= 0.3 is 0 Å². The molecule has 1 saturated heterocycles. The first-order chi connectivity index (χ1) is 14.0. The standard InChI is InChI=1S/C23H25N3O3/c1-15-3-5-18(6-4-15)25-23(28)17-11-22(27)26(14-17)10-9-16-13-24-21-8-7-19(29-2)12-20(16)21/h3-8,12-13,17,24H,9-11,14H2,1-2H3,(H,25,28)/t17-/m0/s1. The fraction of sp³-hybridized carbons (Fsp3) is 0.304. The highest BCUT2D eigenvalue weighted by atomic mass is 16.5. The molecular weight excluding hydrogens is 366 g/mol. The number of hydrogen-bond acceptors (Lipinski definition) is 3. The van der Waals surface area contributed by atoms with E-state index in [2.05, 4.69) is 10.3 Å². The Morgan fingerprint density at radius 2 is 2.03 bits per heavy atom. The topological polar surface area (TPSA) is 74.4 Å². The number of nitrogens with one attached hydrogen (secondary N) is 2. The van der Waals surface area contributed by atoms with Crippen LogP contribution >= 0.6 is 0 Å². The van der Waals surface area contributed by atoms with Gasteiger partial charge in [0.05, 0.1) is 13.0 Å². The Balaban J connectivity index is 1.37. The summed E-state index contributed by atoms with van der Waals surface area (Å²) in [5, 5.41) is 4.02. The van der Waals surface area contributed by atoms with E-state index in [0.717, 1.165) is 39.9 Å². The molecule has 0 aliphatic carbocycles. The van der Waals surface area contributed by atoms with E-state index < -0.39 is 0 Å². The minimum Gasteiger partial charge on any atom is -0.497 e. The van der Waals surface area contributed by atoms with Gasteiger partial charge < -0.3 is 19.9 Å². The Kier molecular flexibility index (Phi) is 5.25. The van der Waals surface area contributed by atoms with Crippen molar-refractivity contribution in [3.63, 3.8) is 0 Å². The lowest BCUT2D eigenvalue weighted by atomic mass is 10.1. The fourth-order valence-corrected chi connectivity index (χ4v) is 3.79. The van der Waals surface area contributed by atoms with Gasteiger partial charge in [-0.05, 0) is 49.2 Å². The molecule has 1 fully saturated rings. The highest BCUT2D eigenvalue weighted by Crippen LogP contribution is 2.25. The molecule has 0 radical (unpaired) electrons. The van der Waals surface area contributed by atoms with Gasteiger partial charge in [-0.1, -0.05) is 17.7 Å². The molecule has 6 nitrogen and oxygen atoms in total. The molecule has 2 aromatic carbocycles. The summed E-state index contributed by atoms with van der Waals surface area (Å²) in [6, 6.07) is 13.6. The second kappa shape index (κ2) is 7.99. The van der Waals surface area contributed by atoms with Crippen molar-refractivity contribution in [1.82, 2.24) is 9.88 Å². The molecule has 4 rings (SSSR count). The van der Waals surface area contributed by atoms with Crippen molar-refractivity contribution in [2.45, 2.75) is 19.8 Å². The Morgan fingerprint density at radius 3 is 2.79 bits per heavy atom. The zero-order valence-electron chi connectivity index (χ0n) is 16.7. The molecule has 1 aliphatic rings. The second-order valence-electron chi connectivity index (χ2n) is 7.57. The zero-order valence-corrected chi connectivity index (χ0v) is 16.7. The van der Waals surface area contributed by atoms with E-state index in [4.69, 9.17) is 4.74 Å². The Labute approximate surface area is 169 Å². The summed E-state index contributed by atoms with van der Waals surface area (Å²) in [4.78, 5) is 30.0. The van der Waals surface area contributed by atoms with Crippen LogP contribution in [0.5, 0.6) is 5.75 Å². The third kappa shape index (κ3) is 4.11. The molecule has 1 atom stereocenters. The van der Waals surface area contributed by atoms with Crippen LogP contribution in [0, 0.1) is 12.8 Å². The summed E-state index contributed by atoms with van der Waals surface area (Å²) < 4.78 is 5.31. The van der Waals surface area contributed by atoms with Crippen LogP contribution in [0.4, 0.5) is 5.69 Å². The smallest absolute Gasteiger partial charge is 0.229 e. The third-order valence-electron chi connectivity index (χ3n) is 5.53. The maximum absolute atomic E-state index is 12.6. The number of rotatable bonds is 6. The summed E-state index contributed by atoms with van der Waals surface area (Å²) in [6.07, 6.45) is 2.97. The number of anilines is 1. The van der Waals surface area contributed by atoms with Crippen LogP contribution in [0.2, 0.25) is 0 Å². The monoisotopic (exact) mass is 391 g/mol. The number of carbonyl (C=O) groups is 2. The molecule has 0 bridgehead atoms.